The number of nitrogens with two attached hydrogens (primary N) is 1. The molecular weight excluding hydrogens is 268 g/mol. The van der Waals surface area contributed by atoms with Gasteiger partial charge in [0.15, 0.2) is 9.84 Å². The van der Waals surface area contributed by atoms with Gasteiger partial charge in [-0.1, -0.05) is 12.1 Å². The van der Waals surface area contributed by atoms with E-state index in [0.717, 1.165) is 11.8 Å². The van der Waals surface area contributed by atoms with E-state index in [4.69, 9.17) is 10.5 Å². The van der Waals surface area contributed by atoms with Crippen molar-refractivity contribution in [2.75, 3.05) is 26.0 Å². The maximum absolute atomic E-state index is 11.3. The number of amides is 1. The minimum atomic E-state index is -3.18. The van der Waals surface area contributed by atoms with Crippen LogP contribution in [0.3, 0.4) is 0 Å². The summed E-state index contributed by atoms with van der Waals surface area (Å²) in [5, 5.41) is 2.66. The molecule has 1 aromatic carbocycles. The van der Waals surface area contributed by atoms with E-state index in [1.807, 2.05) is 0 Å². The third-order valence-electron chi connectivity index (χ3n) is 2.34. The molecule has 0 saturated heterocycles. The van der Waals surface area contributed by atoms with Crippen molar-refractivity contribution in [3.05, 3.63) is 29.8 Å². The SMILES string of the molecule is CS(=O)(=O)c1ccc(CNC(=O)COCCN)cc1. The average molecular weight is 286 g/mol. The standard InChI is InChI=1S/C12H18N2O4S/c1-19(16,17)11-4-2-10(3-5-11)8-14-12(15)9-18-7-6-13/h2-5H,6-9,13H2,1H3,(H,14,15). The molecule has 0 aliphatic carbocycles. The summed E-state index contributed by atoms with van der Waals surface area (Å²) in [6, 6.07) is 6.36. The molecule has 0 saturated carbocycles. The van der Waals surface area contributed by atoms with Crippen molar-refractivity contribution in [3.8, 4) is 0 Å². The molecule has 6 nitrogen and oxygen atoms in total. The van der Waals surface area contributed by atoms with Gasteiger partial charge in [-0.25, -0.2) is 8.42 Å². The first kappa shape index (κ1) is 15.6. The summed E-state index contributed by atoms with van der Waals surface area (Å²) in [5.41, 5.74) is 6.04. The van der Waals surface area contributed by atoms with E-state index in [-0.39, 0.29) is 17.4 Å². The highest BCUT2D eigenvalue weighted by molar-refractivity contribution is 7.90. The zero-order valence-corrected chi connectivity index (χ0v) is 11.6. The first-order valence-electron chi connectivity index (χ1n) is 5.77. The molecule has 106 valence electrons. The lowest BCUT2D eigenvalue weighted by atomic mass is 10.2. The van der Waals surface area contributed by atoms with Gasteiger partial charge in [0.05, 0.1) is 11.5 Å². The highest BCUT2D eigenvalue weighted by Crippen LogP contribution is 2.09. The normalized spacial score (nSPS) is 11.3. The highest BCUT2D eigenvalue weighted by Gasteiger charge is 2.06. The number of benzene rings is 1. The second-order valence-corrected chi connectivity index (χ2v) is 6.05. The molecule has 3 N–H and O–H groups in total. The van der Waals surface area contributed by atoms with Crippen LogP contribution in [0.2, 0.25) is 0 Å². The molecule has 7 heteroatoms. The Labute approximate surface area is 112 Å². The number of sulfone groups is 1. The van der Waals surface area contributed by atoms with Crippen LogP contribution in [-0.4, -0.2) is 40.3 Å². The maximum Gasteiger partial charge on any atom is 0.246 e. The Bertz CT molecular complexity index is 511. The van der Waals surface area contributed by atoms with Crippen LogP contribution in [-0.2, 0) is 25.9 Å². The number of carbonyl (C=O) groups excluding carboxylic acids is 1. The van der Waals surface area contributed by atoms with E-state index in [2.05, 4.69) is 5.32 Å². The van der Waals surface area contributed by atoms with Crippen LogP contribution in [0.1, 0.15) is 5.56 Å². The molecule has 0 aliphatic rings. The van der Waals surface area contributed by atoms with E-state index in [1.54, 1.807) is 12.1 Å². The molecule has 0 aliphatic heterocycles. The van der Waals surface area contributed by atoms with Crippen molar-refractivity contribution in [2.45, 2.75) is 11.4 Å². The van der Waals surface area contributed by atoms with Gasteiger partial charge in [-0.05, 0) is 17.7 Å². The monoisotopic (exact) mass is 286 g/mol. The Morgan fingerprint density at radius 1 is 1.32 bits per heavy atom. The average Bonchev–Trinajstić information content (AvgIpc) is 2.36. The van der Waals surface area contributed by atoms with Crippen molar-refractivity contribution in [1.29, 1.82) is 0 Å². The molecular formula is C12H18N2O4S. The van der Waals surface area contributed by atoms with Gasteiger partial charge in [-0.15, -0.1) is 0 Å². The lowest BCUT2D eigenvalue weighted by Gasteiger charge is -2.06. The second-order valence-electron chi connectivity index (χ2n) is 4.03. The molecule has 0 spiro atoms. The topological polar surface area (TPSA) is 98.5 Å². The molecule has 1 amide bonds. The number of hydrogen-bond donors (Lipinski definition) is 2. The number of carbonyl (C=O) groups is 1. The van der Waals surface area contributed by atoms with Crippen LogP contribution >= 0.6 is 0 Å². The van der Waals surface area contributed by atoms with Crippen LogP contribution in [0.15, 0.2) is 29.2 Å². The highest BCUT2D eigenvalue weighted by atomic mass is 32.2. The number of hydrogen-bond acceptors (Lipinski definition) is 5. The van der Waals surface area contributed by atoms with Crippen LogP contribution in [0.4, 0.5) is 0 Å². The Morgan fingerprint density at radius 2 is 1.95 bits per heavy atom. The van der Waals surface area contributed by atoms with Crippen LogP contribution in [0.5, 0.6) is 0 Å². The minimum Gasteiger partial charge on any atom is -0.370 e. The first-order valence-corrected chi connectivity index (χ1v) is 7.66. The predicted octanol–water partition coefficient (Wildman–Crippen LogP) is -0.318. The maximum atomic E-state index is 11.3. The van der Waals surface area contributed by atoms with Crippen LogP contribution < -0.4 is 11.1 Å². The molecule has 0 atom stereocenters. The van der Waals surface area contributed by atoms with Crippen molar-refractivity contribution in [3.63, 3.8) is 0 Å². The Hall–Kier alpha value is -1.44. The number of rotatable bonds is 7. The van der Waals surface area contributed by atoms with Crippen LogP contribution in [0, 0.1) is 0 Å². The van der Waals surface area contributed by atoms with Gasteiger partial charge >= 0.3 is 0 Å². The molecule has 0 aromatic heterocycles. The van der Waals surface area contributed by atoms with Gasteiger partial charge in [0, 0.05) is 19.3 Å². The third kappa shape index (κ3) is 5.82. The van der Waals surface area contributed by atoms with E-state index < -0.39 is 9.84 Å². The van der Waals surface area contributed by atoms with Gasteiger partial charge in [-0.3, -0.25) is 4.79 Å². The molecule has 0 radical (unpaired) electrons. The lowest BCUT2D eigenvalue weighted by molar-refractivity contribution is -0.125. The largest absolute Gasteiger partial charge is 0.370 e. The van der Waals surface area contributed by atoms with E-state index >= 15 is 0 Å². The Balaban J connectivity index is 2.44. The Morgan fingerprint density at radius 3 is 2.47 bits per heavy atom. The fourth-order valence-corrected chi connectivity index (χ4v) is 1.98. The zero-order valence-electron chi connectivity index (χ0n) is 10.8. The third-order valence-corrected chi connectivity index (χ3v) is 3.47. The van der Waals surface area contributed by atoms with E-state index in [0.29, 0.717) is 19.7 Å². The zero-order chi connectivity index (χ0) is 14.3. The summed E-state index contributed by atoms with van der Waals surface area (Å²) in [6.07, 6.45) is 1.15. The summed E-state index contributed by atoms with van der Waals surface area (Å²) in [4.78, 5) is 11.6. The van der Waals surface area contributed by atoms with Gasteiger partial charge in [0.2, 0.25) is 5.91 Å². The molecule has 0 fully saturated rings. The second kappa shape index (κ2) is 7.22. The van der Waals surface area contributed by atoms with Gasteiger partial charge in [-0.2, -0.15) is 0 Å². The van der Waals surface area contributed by atoms with Crippen LogP contribution in [0.25, 0.3) is 0 Å². The van der Waals surface area contributed by atoms with Gasteiger partial charge in [0.1, 0.15) is 6.61 Å². The summed E-state index contributed by atoms with van der Waals surface area (Å²) in [6.45, 7) is 1.02. The smallest absolute Gasteiger partial charge is 0.246 e. The quantitative estimate of drug-likeness (QED) is 0.669. The predicted molar refractivity (Wildman–Crippen MR) is 71.3 cm³/mol. The fraction of sp³-hybridized carbons (Fsp3) is 0.417. The summed E-state index contributed by atoms with van der Waals surface area (Å²) in [7, 11) is -3.18. The molecule has 0 unspecified atom stereocenters. The van der Waals surface area contributed by atoms with Crippen molar-refractivity contribution < 1.29 is 17.9 Å². The summed E-state index contributed by atoms with van der Waals surface area (Å²) in [5.74, 6) is -0.236. The molecule has 0 heterocycles. The number of ether oxygens (including phenoxy) is 1. The van der Waals surface area contributed by atoms with Gasteiger partial charge in [0.25, 0.3) is 0 Å². The number of nitrogens with one attached hydrogen (secondary N) is 1. The van der Waals surface area contributed by atoms with Crippen molar-refractivity contribution >= 4 is 15.7 Å². The van der Waals surface area contributed by atoms with Crippen molar-refractivity contribution in [2.24, 2.45) is 5.73 Å². The summed E-state index contributed by atoms with van der Waals surface area (Å²) < 4.78 is 27.5. The van der Waals surface area contributed by atoms with Crippen molar-refractivity contribution in [1.82, 2.24) is 5.32 Å². The van der Waals surface area contributed by atoms with E-state index in [1.165, 1.54) is 12.1 Å². The van der Waals surface area contributed by atoms with Gasteiger partial charge < -0.3 is 15.8 Å². The fourth-order valence-electron chi connectivity index (χ4n) is 1.35. The van der Waals surface area contributed by atoms with E-state index in [9.17, 15) is 13.2 Å². The first-order chi connectivity index (χ1) is 8.93. The molecule has 19 heavy (non-hydrogen) atoms. The Kier molecular flexibility index (Phi) is 5.94. The molecule has 1 rings (SSSR count). The minimum absolute atomic E-state index is 0.0291. The lowest BCUT2D eigenvalue weighted by Crippen LogP contribution is -2.28. The molecule has 1 aromatic rings. The molecule has 0 bridgehead atoms. The summed E-state index contributed by atoms with van der Waals surface area (Å²) >= 11 is 0.